The number of rotatable bonds is 6. The molecule has 3 rings (SSSR count). The van der Waals surface area contributed by atoms with Gasteiger partial charge < -0.3 is 14.8 Å². The molecule has 98 valence electrons. The van der Waals surface area contributed by atoms with Gasteiger partial charge in [0.15, 0.2) is 0 Å². The molecule has 1 aliphatic heterocycles. The molecule has 1 unspecified atom stereocenters. The van der Waals surface area contributed by atoms with Crippen LogP contribution in [0.2, 0.25) is 0 Å². The normalized spacial score (nSPS) is 21.5. The van der Waals surface area contributed by atoms with E-state index in [2.05, 4.69) is 24.4 Å². The summed E-state index contributed by atoms with van der Waals surface area (Å²) in [4.78, 5) is 0. The minimum atomic E-state index is 0.338. The number of hydrogen-bond acceptors (Lipinski definition) is 3. The number of benzene rings is 1. The van der Waals surface area contributed by atoms with Gasteiger partial charge in [0.05, 0.1) is 12.6 Å². The Morgan fingerprint density at radius 3 is 3.06 bits per heavy atom. The highest BCUT2D eigenvalue weighted by atomic mass is 16.5. The summed E-state index contributed by atoms with van der Waals surface area (Å²) in [7, 11) is 0. The monoisotopic (exact) mass is 247 g/mol. The van der Waals surface area contributed by atoms with Crippen LogP contribution in [0.25, 0.3) is 0 Å². The number of ether oxygens (including phenoxy) is 2. The minimum Gasteiger partial charge on any atom is -0.493 e. The summed E-state index contributed by atoms with van der Waals surface area (Å²) in [6.45, 7) is 4.65. The first-order valence-corrected chi connectivity index (χ1v) is 6.99. The lowest BCUT2D eigenvalue weighted by Crippen LogP contribution is -2.21. The molecule has 0 radical (unpaired) electrons. The lowest BCUT2D eigenvalue weighted by Gasteiger charge is -2.10. The zero-order chi connectivity index (χ0) is 12.4. The van der Waals surface area contributed by atoms with E-state index in [9.17, 15) is 0 Å². The van der Waals surface area contributed by atoms with Gasteiger partial charge in [-0.15, -0.1) is 0 Å². The average Bonchev–Trinajstić information content (AvgIpc) is 3.12. The Morgan fingerprint density at radius 1 is 1.39 bits per heavy atom. The zero-order valence-corrected chi connectivity index (χ0v) is 10.9. The lowest BCUT2D eigenvalue weighted by molar-refractivity contribution is 0.295. The Morgan fingerprint density at radius 2 is 2.28 bits per heavy atom. The largest absolute Gasteiger partial charge is 0.493 e. The van der Waals surface area contributed by atoms with Crippen molar-refractivity contribution in [2.24, 2.45) is 5.92 Å². The molecule has 1 aliphatic carbocycles. The first-order valence-electron chi connectivity index (χ1n) is 6.99. The Bertz CT molecular complexity index is 415. The zero-order valence-electron chi connectivity index (χ0n) is 10.9. The number of fused-ring (bicyclic) bond motifs is 1. The van der Waals surface area contributed by atoms with Crippen LogP contribution in [0.5, 0.6) is 11.5 Å². The predicted octanol–water partition coefficient (Wildman–Crippen LogP) is 2.91. The van der Waals surface area contributed by atoms with Crippen molar-refractivity contribution in [2.75, 3.05) is 19.8 Å². The topological polar surface area (TPSA) is 30.5 Å². The van der Waals surface area contributed by atoms with Crippen LogP contribution in [0, 0.1) is 5.92 Å². The molecular weight excluding hydrogens is 226 g/mol. The predicted molar refractivity (Wildman–Crippen MR) is 71.2 cm³/mol. The Kier molecular flexibility index (Phi) is 3.41. The van der Waals surface area contributed by atoms with Crippen molar-refractivity contribution in [1.82, 2.24) is 5.32 Å². The van der Waals surface area contributed by atoms with Crippen molar-refractivity contribution >= 4 is 0 Å². The van der Waals surface area contributed by atoms with Crippen LogP contribution in [0.1, 0.15) is 37.8 Å². The second-order valence-corrected chi connectivity index (χ2v) is 5.20. The van der Waals surface area contributed by atoms with E-state index in [0.717, 1.165) is 37.2 Å². The van der Waals surface area contributed by atoms with Crippen LogP contribution in [-0.2, 0) is 0 Å². The molecule has 0 spiro atoms. The number of hydrogen-bond donors (Lipinski definition) is 1. The van der Waals surface area contributed by atoms with Gasteiger partial charge in [-0.2, -0.15) is 0 Å². The minimum absolute atomic E-state index is 0.338. The molecule has 0 aromatic heterocycles. The van der Waals surface area contributed by atoms with Gasteiger partial charge in [0.25, 0.3) is 0 Å². The summed E-state index contributed by atoms with van der Waals surface area (Å²) < 4.78 is 11.5. The molecule has 1 atom stereocenters. The Hall–Kier alpha value is -1.22. The van der Waals surface area contributed by atoms with Crippen LogP contribution in [0.3, 0.4) is 0 Å². The first-order chi connectivity index (χ1) is 8.86. The molecular formula is C15H21NO2. The van der Waals surface area contributed by atoms with Crippen LogP contribution in [-0.4, -0.2) is 19.8 Å². The summed E-state index contributed by atoms with van der Waals surface area (Å²) >= 11 is 0. The van der Waals surface area contributed by atoms with Gasteiger partial charge in [0.1, 0.15) is 18.1 Å². The fourth-order valence-electron chi connectivity index (χ4n) is 2.45. The number of likely N-dealkylation sites (N-methyl/N-ethyl adjacent to an activating group) is 1. The van der Waals surface area contributed by atoms with Crippen LogP contribution in [0.4, 0.5) is 0 Å². The van der Waals surface area contributed by atoms with Crippen LogP contribution >= 0.6 is 0 Å². The van der Waals surface area contributed by atoms with Gasteiger partial charge in [-0.05, 0) is 31.0 Å². The average molecular weight is 247 g/mol. The fourth-order valence-corrected chi connectivity index (χ4v) is 2.45. The molecule has 2 aliphatic rings. The summed E-state index contributed by atoms with van der Waals surface area (Å²) in [6.07, 6.45) is 3.97. The third-order valence-electron chi connectivity index (χ3n) is 3.71. The maximum Gasteiger partial charge on any atom is 0.127 e. The molecule has 0 bridgehead atoms. The van der Waals surface area contributed by atoms with Crippen LogP contribution in [0.15, 0.2) is 18.2 Å². The van der Waals surface area contributed by atoms with Gasteiger partial charge in [-0.25, -0.2) is 0 Å². The third kappa shape index (κ3) is 2.61. The Balaban J connectivity index is 1.60. The molecule has 1 aromatic carbocycles. The van der Waals surface area contributed by atoms with Crippen molar-refractivity contribution in [3.63, 3.8) is 0 Å². The van der Waals surface area contributed by atoms with Crippen molar-refractivity contribution in [3.05, 3.63) is 23.8 Å². The van der Waals surface area contributed by atoms with E-state index in [0.29, 0.717) is 6.04 Å². The van der Waals surface area contributed by atoms with Gasteiger partial charge >= 0.3 is 0 Å². The first kappa shape index (κ1) is 11.8. The Labute approximate surface area is 108 Å². The molecule has 3 nitrogen and oxygen atoms in total. The second kappa shape index (κ2) is 5.19. The van der Waals surface area contributed by atoms with Crippen LogP contribution < -0.4 is 14.8 Å². The summed E-state index contributed by atoms with van der Waals surface area (Å²) in [5.41, 5.74) is 1.26. The molecule has 1 heterocycles. The van der Waals surface area contributed by atoms with E-state index in [1.165, 1.54) is 24.8 Å². The van der Waals surface area contributed by atoms with Gasteiger partial charge in [0.2, 0.25) is 0 Å². The SMILES string of the molecule is CCNC1COc2cc(OCCC3CC3)ccc21. The van der Waals surface area contributed by atoms with Crippen molar-refractivity contribution < 1.29 is 9.47 Å². The van der Waals surface area contributed by atoms with Crippen molar-refractivity contribution in [1.29, 1.82) is 0 Å². The van der Waals surface area contributed by atoms with Crippen molar-refractivity contribution in [2.45, 2.75) is 32.2 Å². The molecule has 0 saturated heterocycles. The van der Waals surface area contributed by atoms with E-state index >= 15 is 0 Å². The van der Waals surface area contributed by atoms with E-state index < -0.39 is 0 Å². The quantitative estimate of drug-likeness (QED) is 0.838. The summed E-state index contributed by atoms with van der Waals surface area (Å²) in [5, 5.41) is 3.42. The maximum atomic E-state index is 5.78. The molecule has 18 heavy (non-hydrogen) atoms. The standard InChI is InChI=1S/C15H21NO2/c1-2-16-14-10-18-15-9-12(5-6-13(14)15)17-8-7-11-3-4-11/h5-6,9,11,14,16H,2-4,7-8,10H2,1H3. The molecule has 3 heteroatoms. The van der Waals surface area contributed by atoms with Gasteiger partial charge in [-0.3, -0.25) is 0 Å². The van der Waals surface area contributed by atoms with Gasteiger partial charge in [0, 0.05) is 11.6 Å². The molecule has 0 amide bonds. The van der Waals surface area contributed by atoms with E-state index in [1.807, 2.05) is 6.07 Å². The molecule has 1 fully saturated rings. The third-order valence-corrected chi connectivity index (χ3v) is 3.71. The van der Waals surface area contributed by atoms with E-state index in [4.69, 9.17) is 9.47 Å². The van der Waals surface area contributed by atoms with E-state index in [-0.39, 0.29) is 0 Å². The molecule has 1 N–H and O–H groups in total. The number of nitrogens with one attached hydrogen (secondary N) is 1. The summed E-state index contributed by atoms with van der Waals surface area (Å²) in [5.74, 6) is 2.84. The maximum absolute atomic E-state index is 5.78. The molecule has 1 aromatic rings. The highest BCUT2D eigenvalue weighted by Gasteiger charge is 2.24. The molecule has 1 saturated carbocycles. The van der Waals surface area contributed by atoms with E-state index in [1.54, 1.807) is 0 Å². The second-order valence-electron chi connectivity index (χ2n) is 5.20. The summed E-state index contributed by atoms with van der Waals surface area (Å²) in [6, 6.07) is 6.55. The van der Waals surface area contributed by atoms with Gasteiger partial charge in [-0.1, -0.05) is 19.8 Å². The highest BCUT2D eigenvalue weighted by molar-refractivity contribution is 5.45. The fraction of sp³-hybridized carbons (Fsp3) is 0.600. The lowest BCUT2D eigenvalue weighted by atomic mass is 10.1. The smallest absolute Gasteiger partial charge is 0.127 e. The highest BCUT2D eigenvalue weighted by Crippen LogP contribution is 2.36. The van der Waals surface area contributed by atoms with Crippen molar-refractivity contribution in [3.8, 4) is 11.5 Å².